The first-order valence-corrected chi connectivity index (χ1v) is 7.56. The van der Waals surface area contributed by atoms with E-state index in [-0.39, 0.29) is 40.2 Å². The average molecular weight is 323 g/mol. The van der Waals surface area contributed by atoms with Gasteiger partial charge >= 0.3 is 5.69 Å². The number of benzene rings is 1. The van der Waals surface area contributed by atoms with Gasteiger partial charge in [-0.05, 0) is 12.8 Å². The number of ketones is 1. The standard InChI is InChI=1S/C16H21NO6/c1-21-14-11(13(18)10-7-5-4-6-8-10)9-12(17(19)20)15(22-2)16(14)23-3/h9-10H,4-8H2,1-3H3. The molecule has 1 aliphatic carbocycles. The first kappa shape index (κ1) is 17.1. The van der Waals surface area contributed by atoms with Crippen LogP contribution in [0.4, 0.5) is 5.69 Å². The van der Waals surface area contributed by atoms with E-state index in [1.54, 1.807) is 0 Å². The summed E-state index contributed by atoms with van der Waals surface area (Å²) in [7, 11) is 4.08. The van der Waals surface area contributed by atoms with Crippen LogP contribution in [0.15, 0.2) is 6.07 Å². The number of nitro benzene ring substituents is 1. The number of Topliss-reactive ketones (excluding diaryl/α,β-unsaturated/α-hetero) is 1. The van der Waals surface area contributed by atoms with E-state index in [0.717, 1.165) is 32.1 Å². The fraction of sp³-hybridized carbons (Fsp3) is 0.562. The van der Waals surface area contributed by atoms with Crippen LogP contribution in [0.2, 0.25) is 0 Å². The second kappa shape index (κ2) is 7.30. The molecule has 7 nitrogen and oxygen atoms in total. The maximum atomic E-state index is 12.8. The van der Waals surface area contributed by atoms with Gasteiger partial charge in [0.25, 0.3) is 0 Å². The lowest BCUT2D eigenvalue weighted by atomic mass is 9.83. The molecule has 0 unspecified atom stereocenters. The van der Waals surface area contributed by atoms with Crippen molar-refractivity contribution in [1.29, 1.82) is 0 Å². The summed E-state index contributed by atoms with van der Waals surface area (Å²) in [5, 5.41) is 11.3. The zero-order valence-corrected chi connectivity index (χ0v) is 13.6. The second-order valence-electron chi connectivity index (χ2n) is 5.50. The van der Waals surface area contributed by atoms with Crippen molar-refractivity contribution in [2.24, 2.45) is 5.92 Å². The fourth-order valence-corrected chi connectivity index (χ4v) is 3.10. The lowest BCUT2D eigenvalue weighted by molar-refractivity contribution is -0.385. The van der Waals surface area contributed by atoms with Crippen LogP contribution >= 0.6 is 0 Å². The molecule has 0 aromatic heterocycles. The third-order valence-electron chi connectivity index (χ3n) is 4.22. The van der Waals surface area contributed by atoms with Crippen LogP contribution in [0.1, 0.15) is 42.5 Å². The van der Waals surface area contributed by atoms with E-state index in [2.05, 4.69) is 0 Å². The monoisotopic (exact) mass is 323 g/mol. The Morgan fingerprint density at radius 1 is 1.04 bits per heavy atom. The van der Waals surface area contributed by atoms with Gasteiger partial charge in [-0.1, -0.05) is 19.3 Å². The van der Waals surface area contributed by atoms with Gasteiger partial charge in [-0.25, -0.2) is 0 Å². The average Bonchev–Trinajstić information content (AvgIpc) is 2.59. The SMILES string of the molecule is COc1c(C(=O)C2CCCCC2)cc([N+](=O)[O-])c(OC)c1OC. The molecule has 0 amide bonds. The molecule has 0 atom stereocenters. The van der Waals surface area contributed by atoms with Gasteiger partial charge in [0.05, 0.1) is 31.8 Å². The highest BCUT2D eigenvalue weighted by Gasteiger charge is 2.33. The Hall–Kier alpha value is -2.31. The molecule has 7 heteroatoms. The van der Waals surface area contributed by atoms with Gasteiger partial charge < -0.3 is 14.2 Å². The third-order valence-corrected chi connectivity index (χ3v) is 4.22. The molecular weight excluding hydrogens is 302 g/mol. The number of methoxy groups -OCH3 is 3. The number of hydrogen-bond donors (Lipinski definition) is 0. The minimum Gasteiger partial charge on any atom is -0.492 e. The second-order valence-corrected chi connectivity index (χ2v) is 5.50. The summed E-state index contributed by atoms with van der Waals surface area (Å²) in [4.78, 5) is 23.6. The maximum Gasteiger partial charge on any atom is 0.315 e. The Morgan fingerprint density at radius 3 is 2.09 bits per heavy atom. The van der Waals surface area contributed by atoms with Crippen molar-refractivity contribution in [2.45, 2.75) is 32.1 Å². The van der Waals surface area contributed by atoms with E-state index in [0.29, 0.717) is 0 Å². The van der Waals surface area contributed by atoms with Gasteiger partial charge in [0.15, 0.2) is 11.5 Å². The zero-order chi connectivity index (χ0) is 17.0. The highest BCUT2D eigenvalue weighted by atomic mass is 16.6. The van der Waals surface area contributed by atoms with Crippen molar-refractivity contribution in [3.8, 4) is 17.2 Å². The molecule has 0 radical (unpaired) electrons. The molecule has 0 spiro atoms. The Kier molecular flexibility index (Phi) is 5.41. The lowest BCUT2D eigenvalue weighted by Gasteiger charge is -2.22. The Morgan fingerprint density at radius 2 is 1.61 bits per heavy atom. The molecule has 126 valence electrons. The highest BCUT2D eigenvalue weighted by molar-refractivity contribution is 6.02. The molecule has 0 N–H and O–H groups in total. The molecule has 1 aromatic carbocycles. The molecule has 0 heterocycles. The summed E-state index contributed by atoms with van der Waals surface area (Å²) in [6, 6.07) is 1.23. The van der Waals surface area contributed by atoms with Crippen molar-refractivity contribution in [3.05, 3.63) is 21.7 Å². The van der Waals surface area contributed by atoms with Gasteiger partial charge in [0.1, 0.15) is 0 Å². The molecular formula is C16H21NO6. The zero-order valence-electron chi connectivity index (χ0n) is 13.6. The third kappa shape index (κ3) is 3.23. The van der Waals surface area contributed by atoms with Gasteiger partial charge in [0, 0.05) is 12.0 Å². The normalized spacial score (nSPS) is 15.1. The van der Waals surface area contributed by atoms with E-state index in [1.807, 2.05) is 0 Å². The van der Waals surface area contributed by atoms with E-state index in [1.165, 1.54) is 27.4 Å². The van der Waals surface area contributed by atoms with E-state index < -0.39 is 4.92 Å². The van der Waals surface area contributed by atoms with Gasteiger partial charge in [0.2, 0.25) is 11.5 Å². The minimum atomic E-state index is -0.585. The van der Waals surface area contributed by atoms with Crippen LogP contribution in [0.3, 0.4) is 0 Å². The number of nitrogens with zero attached hydrogens (tertiary/aromatic N) is 1. The summed E-state index contributed by atoms with van der Waals surface area (Å²) in [6.07, 6.45) is 4.70. The summed E-state index contributed by atoms with van der Waals surface area (Å²) in [5.41, 5.74) is -0.118. The molecule has 1 aromatic rings. The maximum absolute atomic E-state index is 12.8. The molecule has 1 fully saturated rings. The first-order valence-electron chi connectivity index (χ1n) is 7.56. The van der Waals surface area contributed by atoms with E-state index in [4.69, 9.17) is 14.2 Å². The minimum absolute atomic E-state index is 0.0467. The summed E-state index contributed by atoms with van der Waals surface area (Å²) < 4.78 is 15.6. The quantitative estimate of drug-likeness (QED) is 0.453. The predicted octanol–water partition coefficient (Wildman–Crippen LogP) is 3.38. The number of carbonyl (C=O) groups excluding carboxylic acids is 1. The fourth-order valence-electron chi connectivity index (χ4n) is 3.10. The Balaban J connectivity index is 2.59. The smallest absolute Gasteiger partial charge is 0.315 e. The van der Waals surface area contributed by atoms with Crippen molar-refractivity contribution in [3.63, 3.8) is 0 Å². The van der Waals surface area contributed by atoms with Crippen LogP contribution in [0.25, 0.3) is 0 Å². The summed E-state index contributed by atoms with van der Waals surface area (Å²) >= 11 is 0. The summed E-state index contributed by atoms with van der Waals surface area (Å²) in [5.74, 6) is -0.0515. The van der Waals surface area contributed by atoms with Crippen molar-refractivity contribution in [1.82, 2.24) is 0 Å². The van der Waals surface area contributed by atoms with Crippen molar-refractivity contribution < 1.29 is 23.9 Å². The predicted molar refractivity (Wildman–Crippen MR) is 83.7 cm³/mol. The van der Waals surface area contributed by atoms with Crippen LogP contribution in [-0.2, 0) is 0 Å². The van der Waals surface area contributed by atoms with Crippen LogP contribution in [0, 0.1) is 16.0 Å². The van der Waals surface area contributed by atoms with E-state index >= 15 is 0 Å². The van der Waals surface area contributed by atoms with Gasteiger partial charge in [-0.2, -0.15) is 0 Å². The highest BCUT2D eigenvalue weighted by Crippen LogP contribution is 2.47. The molecule has 2 rings (SSSR count). The Labute approximate surface area is 134 Å². The van der Waals surface area contributed by atoms with Crippen molar-refractivity contribution >= 4 is 11.5 Å². The molecule has 0 saturated heterocycles. The Bertz CT molecular complexity index is 607. The molecule has 1 saturated carbocycles. The van der Waals surface area contributed by atoms with Crippen LogP contribution in [-0.4, -0.2) is 32.0 Å². The molecule has 0 aliphatic heterocycles. The van der Waals surface area contributed by atoms with Crippen LogP contribution < -0.4 is 14.2 Å². The molecule has 1 aliphatic rings. The number of carbonyl (C=O) groups is 1. The molecule has 23 heavy (non-hydrogen) atoms. The van der Waals surface area contributed by atoms with E-state index in [9.17, 15) is 14.9 Å². The largest absolute Gasteiger partial charge is 0.492 e. The first-order chi connectivity index (χ1) is 11.0. The van der Waals surface area contributed by atoms with Gasteiger partial charge in [-0.15, -0.1) is 0 Å². The lowest BCUT2D eigenvalue weighted by Crippen LogP contribution is -2.19. The molecule has 0 bridgehead atoms. The number of ether oxygens (including phenoxy) is 3. The number of nitro groups is 1. The van der Waals surface area contributed by atoms with Crippen LogP contribution in [0.5, 0.6) is 17.2 Å². The number of rotatable bonds is 6. The summed E-state index contributed by atoms with van der Waals surface area (Å²) in [6.45, 7) is 0. The topological polar surface area (TPSA) is 87.9 Å². The van der Waals surface area contributed by atoms with Crippen molar-refractivity contribution in [2.75, 3.05) is 21.3 Å². The van der Waals surface area contributed by atoms with Gasteiger partial charge in [-0.3, -0.25) is 14.9 Å². The number of hydrogen-bond acceptors (Lipinski definition) is 6.